The van der Waals surface area contributed by atoms with Crippen LogP contribution in [0.5, 0.6) is 0 Å². The smallest absolute Gasteiger partial charge is 0.225 e. The van der Waals surface area contributed by atoms with E-state index in [2.05, 4.69) is 22.6 Å². The summed E-state index contributed by atoms with van der Waals surface area (Å²) in [6.07, 6.45) is 0.230. The van der Waals surface area contributed by atoms with Gasteiger partial charge in [0.15, 0.2) is 0 Å². The molecule has 0 saturated carbocycles. The van der Waals surface area contributed by atoms with Crippen LogP contribution in [0.15, 0.2) is 0 Å². The molecule has 0 aromatic rings. The number of hydrogen-bond donors (Lipinski definition) is 1. The van der Waals surface area contributed by atoms with Crippen molar-refractivity contribution >= 4 is 28.5 Å². The molecule has 0 heterocycles. The van der Waals surface area contributed by atoms with E-state index in [1.54, 1.807) is 0 Å². The Balaban J connectivity index is 4.40. The Hall–Kier alpha value is 0.160. The molecule has 0 unspecified atom stereocenters. The van der Waals surface area contributed by atoms with Crippen LogP contribution in [0, 0.1) is 0 Å². The van der Waals surface area contributed by atoms with E-state index in [0.717, 1.165) is 4.43 Å². The van der Waals surface area contributed by atoms with E-state index in [9.17, 15) is 4.79 Å². The van der Waals surface area contributed by atoms with Gasteiger partial charge in [0.25, 0.3) is 0 Å². The lowest BCUT2D eigenvalue weighted by atomic mass is 10.1. The van der Waals surface area contributed by atoms with Crippen molar-refractivity contribution < 1.29 is 9.90 Å². The van der Waals surface area contributed by atoms with Gasteiger partial charge in [-0.05, 0) is 20.8 Å². The van der Waals surface area contributed by atoms with E-state index in [1.165, 1.54) is 0 Å². The Bertz CT molecular complexity index is 171. The fourth-order valence-corrected chi connectivity index (χ4v) is 1.66. The third-order valence-electron chi connectivity index (χ3n) is 2.00. The highest BCUT2D eigenvalue weighted by Gasteiger charge is 2.27. The number of alkyl halides is 1. The predicted octanol–water partition coefficient (Wildman–Crippen LogP) is 1.43. The second-order valence-electron chi connectivity index (χ2n) is 3.56. The van der Waals surface area contributed by atoms with Gasteiger partial charge in [-0.25, -0.2) is 0 Å². The summed E-state index contributed by atoms with van der Waals surface area (Å²) in [4.78, 5) is 13.4. The molecule has 0 saturated heterocycles. The standard InChI is InChI=1S/C9H18INO2/c1-4-11(8(13)5-6-12)9(2,3)7-10/h12H,4-7H2,1-3H3. The monoisotopic (exact) mass is 299 g/mol. The molecule has 0 bridgehead atoms. The molecular weight excluding hydrogens is 281 g/mol. The van der Waals surface area contributed by atoms with Crippen LogP contribution in [-0.4, -0.2) is 39.0 Å². The van der Waals surface area contributed by atoms with Crippen molar-refractivity contribution in [1.82, 2.24) is 4.90 Å². The van der Waals surface area contributed by atoms with E-state index >= 15 is 0 Å². The zero-order chi connectivity index (χ0) is 10.5. The Kier molecular flexibility index (Phi) is 5.87. The summed E-state index contributed by atoms with van der Waals surface area (Å²) in [6.45, 7) is 6.68. The molecule has 0 aliphatic rings. The summed E-state index contributed by atoms with van der Waals surface area (Å²) in [5.41, 5.74) is -0.110. The second kappa shape index (κ2) is 5.80. The highest BCUT2D eigenvalue weighted by molar-refractivity contribution is 14.1. The molecule has 0 rings (SSSR count). The molecule has 0 radical (unpaired) electrons. The van der Waals surface area contributed by atoms with E-state index in [0.29, 0.717) is 6.54 Å². The molecule has 0 spiro atoms. The number of nitrogens with zero attached hydrogens (tertiary/aromatic N) is 1. The highest BCUT2D eigenvalue weighted by atomic mass is 127. The van der Waals surface area contributed by atoms with Crippen LogP contribution in [0.1, 0.15) is 27.2 Å². The normalized spacial score (nSPS) is 11.5. The molecule has 0 fully saturated rings. The van der Waals surface area contributed by atoms with Crippen molar-refractivity contribution in [1.29, 1.82) is 0 Å². The van der Waals surface area contributed by atoms with Crippen LogP contribution in [0.3, 0.4) is 0 Å². The minimum absolute atomic E-state index is 0.0340. The van der Waals surface area contributed by atoms with Crippen molar-refractivity contribution in [3.8, 4) is 0 Å². The first-order chi connectivity index (χ1) is 5.99. The van der Waals surface area contributed by atoms with Crippen LogP contribution >= 0.6 is 22.6 Å². The maximum atomic E-state index is 11.5. The molecule has 3 nitrogen and oxygen atoms in total. The predicted molar refractivity (Wildman–Crippen MR) is 62.1 cm³/mol. The molecule has 0 aliphatic heterocycles. The topological polar surface area (TPSA) is 40.5 Å². The maximum absolute atomic E-state index is 11.5. The van der Waals surface area contributed by atoms with Crippen molar-refractivity contribution in [2.45, 2.75) is 32.7 Å². The number of hydrogen-bond acceptors (Lipinski definition) is 2. The number of carbonyl (C=O) groups is 1. The minimum atomic E-state index is -0.110. The van der Waals surface area contributed by atoms with Crippen LogP contribution < -0.4 is 0 Å². The summed E-state index contributed by atoms with van der Waals surface area (Å²) in [7, 11) is 0. The molecule has 4 heteroatoms. The number of carbonyl (C=O) groups excluding carboxylic acids is 1. The van der Waals surface area contributed by atoms with Crippen LogP contribution in [0.2, 0.25) is 0 Å². The maximum Gasteiger partial charge on any atom is 0.225 e. The number of halogens is 1. The SMILES string of the molecule is CCN(C(=O)CCO)C(C)(C)CI. The Labute approximate surface area is 93.6 Å². The fourth-order valence-electron chi connectivity index (χ4n) is 1.24. The minimum Gasteiger partial charge on any atom is -0.396 e. The van der Waals surface area contributed by atoms with Crippen LogP contribution in [-0.2, 0) is 4.79 Å². The molecule has 0 aromatic heterocycles. The first-order valence-electron chi connectivity index (χ1n) is 4.47. The van der Waals surface area contributed by atoms with Gasteiger partial charge in [-0.1, -0.05) is 22.6 Å². The third-order valence-corrected chi connectivity index (χ3v) is 3.87. The number of aliphatic hydroxyl groups is 1. The number of amides is 1. The van der Waals surface area contributed by atoms with Gasteiger partial charge in [0.1, 0.15) is 0 Å². The first kappa shape index (κ1) is 13.2. The van der Waals surface area contributed by atoms with E-state index in [4.69, 9.17) is 5.11 Å². The van der Waals surface area contributed by atoms with Crippen molar-refractivity contribution in [2.75, 3.05) is 17.6 Å². The van der Waals surface area contributed by atoms with Gasteiger partial charge in [-0.2, -0.15) is 0 Å². The average Bonchev–Trinajstić information content (AvgIpc) is 2.05. The number of rotatable bonds is 5. The zero-order valence-corrected chi connectivity index (χ0v) is 10.7. The summed E-state index contributed by atoms with van der Waals surface area (Å²) in [5.74, 6) is 0.0340. The zero-order valence-electron chi connectivity index (χ0n) is 8.51. The van der Waals surface area contributed by atoms with Crippen molar-refractivity contribution in [3.05, 3.63) is 0 Å². The Morgan fingerprint density at radius 2 is 2.08 bits per heavy atom. The van der Waals surface area contributed by atoms with E-state index < -0.39 is 0 Å². The van der Waals surface area contributed by atoms with Crippen molar-refractivity contribution in [3.63, 3.8) is 0 Å². The Morgan fingerprint density at radius 3 is 2.38 bits per heavy atom. The van der Waals surface area contributed by atoms with Gasteiger partial charge in [0.05, 0.1) is 6.61 Å². The summed E-state index contributed by atoms with van der Waals surface area (Å²) in [6, 6.07) is 0. The Morgan fingerprint density at radius 1 is 1.54 bits per heavy atom. The van der Waals surface area contributed by atoms with Gasteiger partial charge in [0, 0.05) is 22.9 Å². The largest absolute Gasteiger partial charge is 0.396 e. The average molecular weight is 299 g/mol. The van der Waals surface area contributed by atoms with Gasteiger partial charge in [-0.15, -0.1) is 0 Å². The summed E-state index contributed by atoms with van der Waals surface area (Å²) >= 11 is 2.27. The lowest BCUT2D eigenvalue weighted by Gasteiger charge is -2.36. The highest BCUT2D eigenvalue weighted by Crippen LogP contribution is 2.18. The molecule has 13 heavy (non-hydrogen) atoms. The molecule has 1 amide bonds. The molecule has 0 aromatic carbocycles. The number of aliphatic hydroxyl groups excluding tert-OH is 1. The summed E-state index contributed by atoms with van der Waals surface area (Å²) < 4.78 is 0.899. The molecular formula is C9H18INO2. The quantitative estimate of drug-likeness (QED) is 0.616. The van der Waals surface area contributed by atoms with Crippen molar-refractivity contribution in [2.24, 2.45) is 0 Å². The van der Waals surface area contributed by atoms with Crippen LogP contribution in [0.4, 0.5) is 0 Å². The molecule has 78 valence electrons. The lowest BCUT2D eigenvalue weighted by Crippen LogP contribution is -2.49. The van der Waals surface area contributed by atoms with Gasteiger partial charge in [-0.3, -0.25) is 4.79 Å². The van der Waals surface area contributed by atoms with Crippen LogP contribution in [0.25, 0.3) is 0 Å². The van der Waals surface area contributed by atoms with Gasteiger partial charge < -0.3 is 10.0 Å². The fraction of sp³-hybridized carbons (Fsp3) is 0.889. The van der Waals surface area contributed by atoms with E-state index in [-0.39, 0.29) is 24.5 Å². The third kappa shape index (κ3) is 3.81. The van der Waals surface area contributed by atoms with Gasteiger partial charge in [0.2, 0.25) is 5.91 Å². The lowest BCUT2D eigenvalue weighted by molar-refractivity contribution is -0.136. The van der Waals surface area contributed by atoms with Gasteiger partial charge >= 0.3 is 0 Å². The molecule has 1 N–H and O–H groups in total. The first-order valence-corrected chi connectivity index (χ1v) is 5.99. The summed E-state index contributed by atoms with van der Waals surface area (Å²) in [5, 5.41) is 8.67. The van der Waals surface area contributed by atoms with E-state index in [1.807, 2.05) is 25.7 Å². The second-order valence-corrected chi connectivity index (χ2v) is 4.32. The molecule has 0 atom stereocenters. The molecule has 0 aliphatic carbocycles.